The SMILES string of the molecule is CCOc1ccccc1C(=O)NC[C@@](C)(O)c1ccc(-c2ccccc2)cc1. The van der Waals surface area contributed by atoms with Gasteiger partial charge in [-0.3, -0.25) is 4.79 Å². The smallest absolute Gasteiger partial charge is 0.255 e. The van der Waals surface area contributed by atoms with Crippen molar-refractivity contribution in [2.24, 2.45) is 0 Å². The minimum Gasteiger partial charge on any atom is -0.493 e. The molecule has 0 saturated carbocycles. The summed E-state index contributed by atoms with van der Waals surface area (Å²) in [4.78, 5) is 12.6. The maximum atomic E-state index is 12.6. The summed E-state index contributed by atoms with van der Waals surface area (Å²) in [7, 11) is 0. The first-order valence-electron chi connectivity index (χ1n) is 9.39. The normalized spacial score (nSPS) is 12.8. The Morgan fingerprint density at radius 2 is 1.54 bits per heavy atom. The van der Waals surface area contributed by atoms with Gasteiger partial charge in [0.1, 0.15) is 11.4 Å². The van der Waals surface area contributed by atoms with Gasteiger partial charge in [0, 0.05) is 0 Å². The molecule has 0 heterocycles. The lowest BCUT2D eigenvalue weighted by Gasteiger charge is -2.25. The molecule has 3 rings (SSSR count). The molecule has 1 atom stereocenters. The van der Waals surface area contributed by atoms with E-state index in [9.17, 15) is 9.90 Å². The predicted molar refractivity (Wildman–Crippen MR) is 111 cm³/mol. The van der Waals surface area contributed by atoms with Crippen LogP contribution >= 0.6 is 0 Å². The Morgan fingerprint density at radius 3 is 2.21 bits per heavy atom. The van der Waals surface area contributed by atoms with E-state index in [1.807, 2.05) is 67.6 Å². The minimum atomic E-state index is -1.19. The summed E-state index contributed by atoms with van der Waals surface area (Å²) in [6.07, 6.45) is 0. The molecule has 0 bridgehead atoms. The molecule has 0 unspecified atom stereocenters. The van der Waals surface area contributed by atoms with E-state index in [0.29, 0.717) is 17.9 Å². The van der Waals surface area contributed by atoms with Gasteiger partial charge in [-0.25, -0.2) is 0 Å². The van der Waals surface area contributed by atoms with E-state index in [1.165, 1.54) is 0 Å². The molecule has 3 aromatic rings. The maximum Gasteiger partial charge on any atom is 0.255 e. The topological polar surface area (TPSA) is 58.6 Å². The first-order valence-corrected chi connectivity index (χ1v) is 9.39. The zero-order valence-electron chi connectivity index (χ0n) is 16.2. The van der Waals surface area contributed by atoms with Crippen LogP contribution in [0.1, 0.15) is 29.8 Å². The number of aliphatic hydroxyl groups is 1. The summed E-state index contributed by atoms with van der Waals surface area (Å²) in [5, 5.41) is 13.7. The highest BCUT2D eigenvalue weighted by molar-refractivity contribution is 5.96. The van der Waals surface area contributed by atoms with Crippen molar-refractivity contribution in [2.45, 2.75) is 19.4 Å². The molecule has 28 heavy (non-hydrogen) atoms. The van der Waals surface area contributed by atoms with Crippen LogP contribution in [0, 0.1) is 0 Å². The van der Waals surface area contributed by atoms with Crippen molar-refractivity contribution in [1.29, 1.82) is 0 Å². The van der Waals surface area contributed by atoms with E-state index < -0.39 is 5.60 Å². The molecule has 0 saturated heterocycles. The van der Waals surface area contributed by atoms with E-state index in [4.69, 9.17) is 4.74 Å². The van der Waals surface area contributed by atoms with Crippen LogP contribution < -0.4 is 10.1 Å². The molecule has 0 aromatic heterocycles. The molecule has 0 fully saturated rings. The van der Waals surface area contributed by atoms with Crippen LogP contribution in [0.2, 0.25) is 0 Å². The predicted octanol–water partition coefficient (Wildman–Crippen LogP) is 4.39. The van der Waals surface area contributed by atoms with Gasteiger partial charge in [-0.15, -0.1) is 0 Å². The number of hydrogen-bond donors (Lipinski definition) is 2. The summed E-state index contributed by atoms with van der Waals surface area (Å²) in [5.41, 5.74) is 2.21. The summed E-state index contributed by atoms with van der Waals surface area (Å²) >= 11 is 0. The Balaban J connectivity index is 1.69. The second-order valence-electron chi connectivity index (χ2n) is 6.83. The molecular formula is C24H25NO3. The molecule has 1 amide bonds. The number of rotatable bonds is 7. The summed E-state index contributed by atoms with van der Waals surface area (Å²) in [6, 6.07) is 24.9. The van der Waals surface area contributed by atoms with Crippen molar-refractivity contribution >= 4 is 5.91 Å². The first-order chi connectivity index (χ1) is 13.5. The highest BCUT2D eigenvalue weighted by atomic mass is 16.5. The van der Waals surface area contributed by atoms with Crippen molar-refractivity contribution < 1.29 is 14.6 Å². The molecule has 4 nitrogen and oxygen atoms in total. The average molecular weight is 375 g/mol. The zero-order valence-corrected chi connectivity index (χ0v) is 16.2. The minimum absolute atomic E-state index is 0.0942. The molecule has 4 heteroatoms. The Kier molecular flexibility index (Phi) is 6.12. The maximum absolute atomic E-state index is 12.6. The van der Waals surface area contributed by atoms with Crippen LogP contribution in [0.25, 0.3) is 11.1 Å². The zero-order chi connectivity index (χ0) is 20.0. The van der Waals surface area contributed by atoms with Crippen molar-refractivity contribution in [1.82, 2.24) is 5.32 Å². The molecule has 0 radical (unpaired) electrons. The third-order valence-corrected chi connectivity index (χ3v) is 4.64. The van der Waals surface area contributed by atoms with Gasteiger partial charge in [-0.1, -0.05) is 66.7 Å². The van der Waals surface area contributed by atoms with Gasteiger partial charge < -0.3 is 15.2 Å². The third-order valence-electron chi connectivity index (χ3n) is 4.64. The van der Waals surface area contributed by atoms with Crippen LogP contribution in [0.15, 0.2) is 78.9 Å². The third kappa shape index (κ3) is 4.59. The van der Waals surface area contributed by atoms with Crippen LogP contribution in [0.4, 0.5) is 0 Å². The lowest BCUT2D eigenvalue weighted by atomic mass is 9.93. The second kappa shape index (κ2) is 8.72. The number of benzene rings is 3. The molecule has 2 N–H and O–H groups in total. The number of ether oxygens (including phenoxy) is 1. The lowest BCUT2D eigenvalue weighted by Crippen LogP contribution is -2.38. The van der Waals surface area contributed by atoms with Crippen molar-refractivity contribution in [3.05, 3.63) is 90.0 Å². The monoisotopic (exact) mass is 375 g/mol. The molecule has 3 aromatic carbocycles. The van der Waals surface area contributed by atoms with Gasteiger partial charge in [0.15, 0.2) is 0 Å². The summed E-state index contributed by atoms with van der Waals surface area (Å²) < 4.78 is 5.51. The Bertz CT molecular complexity index is 918. The van der Waals surface area contributed by atoms with Gasteiger partial charge in [0.25, 0.3) is 5.91 Å². The number of carbonyl (C=O) groups excluding carboxylic acids is 1. The summed E-state index contributed by atoms with van der Waals surface area (Å²) in [5.74, 6) is 0.264. The molecular weight excluding hydrogens is 350 g/mol. The van der Waals surface area contributed by atoms with Gasteiger partial charge >= 0.3 is 0 Å². The largest absolute Gasteiger partial charge is 0.493 e. The average Bonchev–Trinajstić information content (AvgIpc) is 2.73. The van der Waals surface area contributed by atoms with Crippen LogP contribution in [0.3, 0.4) is 0 Å². The highest BCUT2D eigenvalue weighted by Gasteiger charge is 2.24. The van der Waals surface area contributed by atoms with Crippen LogP contribution in [-0.4, -0.2) is 24.2 Å². The molecule has 0 aliphatic rings. The van der Waals surface area contributed by atoms with Crippen molar-refractivity contribution in [2.75, 3.05) is 13.2 Å². The van der Waals surface area contributed by atoms with E-state index in [1.54, 1.807) is 25.1 Å². The second-order valence-corrected chi connectivity index (χ2v) is 6.83. The number of carbonyl (C=O) groups is 1. The van der Waals surface area contributed by atoms with Gasteiger partial charge in [0.2, 0.25) is 0 Å². The molecule has 0 aliphatic carbocycles. The molecule has 0 spiro atoms. The van der Waals surface area contributed by atoms with E-state index >= 15 is 0 Å². The molecule has 0 aliphatic heterocycles. The Morgan fingerprint density at radius 1 is 0.929 bits per heavy atom. The van der Waals surface area contributed by atoms with E-state index in [-0.39, 0.29) is 12.5 Å². The lowest BCUT2D eigenvalue weighted by molar-refractivity contribution is 0.0525. The highest BCUT2D eigenvalue weighted by Crippen LogP contribution is 2.25. The van der Waals surface area contributed by atoms with Gasteiger partial charge in [-0.05, 0) is 42.7 Å². The first kappa shape index (κ1) is 19.6. The van der Waals surface area contributed by atoms with Crippen LogP contribution in [0.5, 0.6) is 5.75 Å². The quantitative estimate of drug-likeness (QED) is 0.644. The summed E-state index contributed by atoms with van der Waals surface area (Å²) in [6.45, 7) is 4.14. The van der Waals surface area contributed by atoms with Crippen molar-refractivity contribution in [3.8, 4) is 16.9 Å². The fourth-order valence-electron chi connectivity index (χ4n) is 3.04. The van der Waals surface area contributed by atoms with Gasteiger partial charge in [0.05, 0.1) is 18.7 Å². The number of para-hydroxylation sites is 1. The van der Waals surface area contributed by atoms with Gasteiger partial charge in [-0.2, -0.15) is 0 Å². The fourth-order valence-corrected chi connectivity index (χ4v) is 3.04. The van der Waals surface area contributed by atoms with Crippen LogP contribution in [-0.2, 0) is 5.60 Å². The number of hydrogen-bond acceptors (Lipinski definition) is 3. The Hall–Kier alpha value is -3.11. The molecule has 144 valence electrons. The van der Waals surface area contributed by atoms with E-state index in [2.05, 4.69) is 5.32 Å². The fraction of sp³-hybridized carbons (Fsp3) is 0.208. The number of amides is 1. The number of nitrogens with one attached hydrogen (secondary N) is 1. The van der Waals surface area contributed by atoms with Crippen molar-refractivity contribution in [3.63, 3.8) is 0 Å². The van der Waals surface area contributed by atoms with E-state index in [0.717, 1.165) is 16.7 Å². The standard InChI is InChI=1S/C24H25NO3/c1-3-28-22-12-8-7-11-21(22)23(26)25-17-24(2,27)20-15-13-19(14-16-20)18-9-5-4-6-10-18/h4-16,27H,3,17H2,1-2H3,(H,25,26)/t24-/m1/s1. The Labute approximate surface area is 165 Å².